The van der Waals surface area contributed by atoms with Crippen molar-refractivity contribution >= 4 is 17.6 Å². The molecule has 0 fully saturated rings. The van der Waals surface area contributed by atoms with Gasteiger partial charge in [-0.05, 0) is 13.0 Å². The van der Waals surface area contributed by atoms with Crippen molar-refractivity contribution in [2.75, 3.05) is 6.61 Å². The van der Waals surface area contributed by atoms with E-state index in [0.29, 0.717) is 6.20 Å². The first kappa shape index (κ1) is 12.8. The van der Waals surface area contributed by atoms with Crippen molar-refractivity contribution in [2.24, 2.45) is 0 Å². The maximum atomic E-state index is 12.3. The number of hydrogen-bond donors (Lipinski definition) is 0. The van der Waals surface area contributed by atoms with Crippen LogP contribution in [0.25, 0.3) is 0 Å². The Balaban J connectivity index is 3.05. The van der Waals surface area contributed by atoms with Crippen molar-refractivity contribution in [3.05, 3.63) is 28.5 Å². The number of aromatic nitrogens is 1. The summed E-state index contributed by atoms with van der Waals surface area (Å²) >= 11 is 5.39. The van der Waals surface area contributed by atoms with Gasteiger partial charge in [0.2, 0.25) is 0 Å². The predicted molar refractivity (Wildman–Crippen MR) is 50.2 cm³/mol. The lowest BCUT2D eigenvalue weighted by Gasteiger charge is -2.08. The molecule has 1 heterocycles. The van der Waals surface area contributed by atoms with Gasteiger partial charge in [-0.3, -0.25) is 0 Å². The molecule has 0 aliphatic rings. The third-order valence-electron chi connectivity index (χ3n) is 1.64. The van der Waals surface area contributed by atoms with Crippen LogP contribution in [0.15, 0.2) is 12.3 Å². The zero-order valence-electron chi connectivity index (χ0n) is 8.14. The van der Waals surface area contributed by atoms with Crippen molar-refractivity contribution in [2.45, 2.75) is 13.1 Å². The number of carbonyl (C=O) groups excluding carboxylic acids is 1. The summed E-state index contributed by atoms with van der Waals surface area (Å²) in [4.78, 5) is 14.5. The highest BCUT2D eigenvalue weighted by Crippen LogP contribution is 2.34. The molecule has 0 saturated heterocycles. The predicted octanol–water partition coefficient (Wildman–Crippen LogP) is 2.93. The van der Waals surface area contributed by atoms with Gasteiger partial charge in [-0.25, -0.2) is 9.78 Å². The topological polar surface area (TPSA) is 39.2 Å². The summed E-state index contributed by atoms with van der Waals surface area (Å²) in [6, 6.07) is 0.836. The van der Waals surface area contributed by atoms with Gasteiger partial charge in [0.15, 0.2) is 0 Å². The van der Waals surface area contributed by atoms with Gasteiger partial charge in [-0.15, -0.1) is 0 Å². The van der Waals surface area contributed by atoms with E-state index in [9.17, 15) is 18.0 Å². The molecule has 16 heavy (non-hydrogen) atoms. The molecular formula is C9H7ClF3NO2. The number of hydrogen-bond acceptors (Lipinski definition) is 3. The van der Waals surface area contributed by atoms with Crippen LogP contribution in [0.3, 0.4) is 0 Å². The van der Waals surface area contributed by atoms with E-state index in [-0.39, 0.29) is 12.3 Å². The van der Waals surface area contributed by atoms with Crippen LogP contribution >= 0.6 is 11.6 Å². The van der Waals surface area contributed by atoms with E-state index in [1.54, 1.807) is 6.92 Å². The number of ether oxygens (including phenoxy) is 1. The number of pyridine rings is 1. The molecule has 7 heteroatoms. The molecule has 1 rings (SSSR count). The number of rotatable bonds is 2. The summed E-state index contributed by atoms with van der Waals surface area (Å²) in [7, 11) is 0. The Morgan fingerprint density at radius 3 is 2.62 bits per heavy atom. The van der Waals surface area contributed by atoms with Crippen molar-refractivity contribution in [1.82, 2.24) is 4.98 Å². The molecule has 0 spiro atoms. The molecule has 0 aliphatic carbocycles. The van der Waals surface area contributed by atoms with E-state index in [2.05, 4.69) is 9.72 Å². The molecule has 3 nitrogen and oxygen atoms in total. The highest BCUT2D eigenvalue weighted by atomic mass is 35.5. The minimum Gasteiger partial charge on any atom is -0.461 e. The Kier molecular flexibility index (Phi) is 3.74. The van der Waals surface area contributed by atoms with Gasteiger partial charge in [-0.1, -0.05) is 11.6 Å². The van der Waals surface area contributed by atoms with E-state index in [0.717, 1.165) is 6.07 Å². The van der Waals surface area contributed by atoms with Gasteiger partial charge < -0.3 is 4.74 Å². The number of alkyl halides is 3. The Bertz CT molecular complexity index is 406. The van der Waals surface area contributed by atoms with Gasteiger partial charge in [0.05, 0.1) is 17.2 Å². The molecule has 0 atom stereocenters. The van der Waals surface area contributed by atoms with Crippen LogP contribution in [0.5, 0.6) is 0 Å². The first-order valence-corrected chi connectivity index (χ1v) is 4.64. The number of esters is 1. The average molecular weight is 254 g/mol. The quantitative estimate of drug-likeness (QED) is 0.761. The molecule has 0 N–H and O–H groups in total. The Labute approximate surface area is 94.2 Å². The summed E-state index contributed by atoms with van der Waals surface area (Å²) in [5.74, 6) is -0.807. The molecule has 0 radical (unpaired) electrons. The van der Waals surface area contributed by atoms with Crippen LogP contribution in [-0.2, 0) is 10.9 Å². The highest BCUT2D eigenvalue weighted by molar-refractivity contribution is 6.31. The lowest BCUT2D eigenvalue weighted by atomic mass is 10.2. The number of halogens is 4. The van der Waals surface area contributed by atoms with E-state index >= 15 is 0 Å². The molecule has 1 aromatic rings. The Morgan fingerprint density at radius 1 is 1.56 bits per heavy atom. The SMILES string of the molecule is CCOC(=O)c1cc(Cl)c(C(F)(F)F)cn1. The standard InChI is InChI=1S/C9H7ClF3NO2/c1-2-16-8(15)7-3-6(10)5(4-14-7)9(11,12)13/h3-4H,2H2,1H3. The number of nitrogens with zero attached hydrogens (tertiary/aromatic N) is 1. The van der Waals surface area contributed by atoms with Crippen molar-refractivity contribution < 1.29 is 22.7 Å². The van der Waals surface area contributed by atoms with Gasteiger partial charge in [0, 0.05) is 6.20 Å². The van der Waals surface area contributed by atoms with Crippen LogP contribution in [-0.4, -0.2) is 17.6 Å². The second-order valence-electron chi connectivity index (χ2n) is 2.77. The van der Waals surface area contributed by atoms with Gasteiger partial charge in [0.25, 0.3) is 0 Å². The molecule has 0 aromatic carbocycles. The maximum Gasteiger partial charge on any atom is 0.419 e. The molecular weight excluding hydrogens is 247 g/mol. The molecule has 0 bridgehead atoms. The monoisotopic (exact) mass is 253 g/mol. The summed E-state index contributed by atoms with van der Waals surface area (Å²) < 4.78 is 41.4. The molecule has 0 amide bonds. The van der Waals surface area contributed by atoms with Crippen LogP contribution in [0.1, 0.15) is 23.0 Å². The second kappa shape index (κ2) is 4.69. The van der Waals surface area contributed by atoms with E-state index in [1.807, 2.05) is 0 Å². The van der Waals surface area contributed by atoms with Crippen LogP contribution in [0.2, 0.25) is 5.02 Å². The fourth-order valence-corrected chi connectivity index (χ4v) is 1.22. The van der Waals surface area contributed by atoms with Crippen LogP contribution in [0.4, 0.5) is 13.2 Å². The third-order valence-corrected chi connectivity index (χ3v) is 1.96. The lowest BCUT2D eigenvalue weighted by Crippen LogP contribution is -2.11. The average Bonchev–Trinajstić information content (AvgIpc) is 2.16. The van der Waals surface area contributed by atoms with Crippen molar-refractivity contribution in [1.29, 1.82) is 0 Å². The Morgan fingerprint density at radius 2 is 2.19 bits per heavy atom. The molecule has 0 unspecified atom stereocenters. The van der Waals surface area contributed by atoms with Gasteiger partial charge in [-0.2, -0.15) is 13.2 Å². The summed E-state index contributed by atoms with van der Waals surface area (Å²) in [6.45, 7) is 1.68. The molecule has 0 aliphatic heterocycles. The largest absolute Gasteiger partial charge is 0.461 e. The second-order valence-corrected chi connectivity index (χ2v) is 3.17. The summed E-state index contributed by atoms with van der Waals surface area (Å²) in [5.41, 5.74) is -1.33. The Hall–Kier alpha value is -1.30. The fraction of sp³-hybridized carbons (Fsp3) is 0.333. The van der Waals surface area contributed by atoms with Crippen molar-refractivity contribution in [3.63, 3.8) is 0 Å². The fourth-order valence-electron chi connectivity index (χ4n) is 0.956. The summed E-state index contributed by atoms with van der Waals surface area (Å²) in [5, 5.41) is -0.578. The molecule has 88 valence electrons. The maximum absolute atomic E-state index is 12.3. The van der Waals surface area contributed by atoms with E-state index < -0.39 is 22.7 Å². The number of carbonyl (C=O) groups is 1. The van der Waals surface area contributed by atoms with Gasteiger partial charge in [0.1, 0.15) is 5.69 Å². The first-order chi connectivity index (χ1) is 7.36. The van der Waals surface area contributed by atoms with Crippen LogP contribution < -0.4 is 0 Å². The minimum absolute atomic E-state index is 0.110. The lowest BCUT2D eigenvalue weighted by molar-refractivity contribution is -0.137. The van der Waals surface area contributed by atoms with E-state index in [4.69, 9.17) is 11.6 Å². The zero-order chi connectivity index (χ0) is 12.3. The van der Waals surface area contributed by atoms with E-state index in [1.165, 1.54) is 0 Å². The zero-order valence-corrected chi connectivity index (χ0v) is 8.89. The molecule has 1 aromatic heterocycles. The van der Waals surface area contributed by atoms with Crippen LogP contribution in [0, 0.1) is 0 Å². The first-order valence-electron chi connectivity index (χ1n) is 4.26. The normalized spacial score (nSPS) is 11.3. The van der Waals surface area contributed by atoms with Gasteiger partial charge >= 0.3 is 12.1 Å². The smallest absolute Gasteiger partial charge is 0.419 e. The van der Waals surface area contributed by atoms with Crippen molar-refractivity contribution in [3.8, 4) is 0 Å². The third kappa shape index (κ3) is 2.85. The highest BCUT2D eigenvalue weighted by Gasteiger charge is 2.34. The minimum atomic E-state index is -4.59. The molecule has 0 saturated carbocycles. The summed E-state index contributed by atoms with van der Waals surface area (Å²) in [6.07, 6.45) is -4.08.